The molecule has 1 fully saturated rings. The second-order valence-electron chi connectivity index (χ2n) is 4.90. The molecule has 0 aliphatic carbocycles. The molecule has 1 amide bonds. The molecule has 1 aliphatic rings. The zero-order valence-corrected chi connectivity index (χ0v) is 12.6. The number of thiazole rings is 1. The number of morpholine rings is 1. The average Bonchev–Trinajstić information content (AvgIpc) is 3.15. The number of carbonyl (C=O) groups excluding carboxylic acids is 1. The summed E-state index contributed by atoms with van der Waals surface area (Å²) < 4.78 is 10.5. The van der Waals surface area contributed by atoms with Crippen molar-refractivity contribution in [3.63, 3.8) is 0 Å². The number of aryl methyl sites for hydroxylation is 1. The molecule has 0 bridgehead atoms. The van der Waals surface area contributed by atoms with E-state index < -0.39 is 12.1 Å². The SMILES string of the molecule is Cc1nc(-c2cc(C(=O)N3CCOC(C(=O)O)C3)co2)cs1. The first-order valence-electron chi connectivity index (χ1n) is 6.69. The number of nitrogens with zero attached hydrogens (tertiary/aromatic N) is 2. The summed E-state index contributed by atoms with van der Waals surface area (Å²) >= 11 is 1.50. The first-order chi connectivity index (χ1) is 10.5. The molecule has 2 aromatic heterocycles. The van der Waals surface area contributed by atoms with E-state index in [1.165, 1.54) is 22.5 Å². The number of carboxylic acids is 1. The lowest BCUT2D eigenvalue weighted by Crippen LogP contribution is -2.48. The van der Waals surface area contributed by atoms with Gasteiger partial charge < -0.3 is 19.2 Å². The quantitative estimate of drug-likeness (QED) is 0.923. The smallest absolute Gasteiger partial charge is 0.334 e. The molecule has 1 saturated heterocycles. The van der Waals surface area contributed by atoms with Crippen molar-refractivity contribution in [3.8, 4) is 11.5 Å². The van der Waals surface area contributed by atoms with Gasteiger partial charge in [-0.15, -0.1) is 11.3 Å². The molecule has 8 heteroatoms. The van der Waals surface area contributed by atoms with E-state index in [1.54, 1.807) is 6.07 Å². The molecule has 1 unspecified atom stereocenters. The Morgan fingerprint density at radius 1 is 1.50 bits per heavy atom. The summed E-state index contributed by atoms with van der Waals surface area (Å²) in [5.41, 5.74) is 1.07. The molecule has 1 aliphatic heterocycles. The van der Waals surface area contributed by atoms with Gasteiger partial charge in [-0.1, -0.05) is 0 Å². The van der Waals surface area contributed by atoms with Crippen LogP contribution in [0.1, 0.15) is 15.4 Å². The van der Waals surface area contributed by atoms with E-state index in [2.05, 4.69) is 4.98 Å². The minimum Gasteiger partial charge on any atom is -0.479 e. The van der Waals surface area contributed by atoms with E-state index in [0.717, 1.165) is 5.01 Å². The molecule has 22 heavy (non-hydrogen) atoms. The number of carboxylic acid groups (broad SMARTS) is 1. The molecule has 0 saturated carbocycles. The Morgan fingerprint density at radius 3 is 3.00 bits per heavy atom. The minimum absolute atomic E-state index is 0.0322. The van der Waals surface area contributed by atoms with Crippen molar-refractivity contribution >= 4 is 23.2 Å². The molecule has 3 heterocycles. The zero-order chi connectivity index (χ0) is 15.7. The van der Waals surface area contributed by atoms with Crippen LogP contribution in [-0.2, 0) is 9.53 Å². The Labute approximate surface area is 130 Å². The van der Waals surface area contributed by atoms with Gasteiger partial charge in [-0.2, -0.15) is 0 Å². The molecule has 0 spiro atoms. The van der Waals surface area contributed by atoms with Gasteiger partial charge in [0.1, 0.15) is 12.0 Å². The lowest BCUT2D eigenvalue weighted by molar-refractivity contribution is -0.154. The summed E-state index contributed by atoms with van der Waals surface area (Å²) in [7, 11) is 0. The van der Waals surface area contributed by atoms with Gasteiger partial charge >= 0.3 is 5.97 Å². The van der Waals surface area contributed by atoms with E-state index in [9.17, 15) is 9.59 Å². The van der Waals surface area contributed by atoms with E-state index in [0.29, 0.717) is 23.6 Å². The van der Waals surface area contributed by atoms with E-state index in [1.807, 2.05) is 12.3 Å². The number of furan rings is 1. The van der Waals surface area contributed by atoms with Crippen molar-refractivity contribution in [1.29, 1.82) is 0 Å². The summed E-state index contributed by atoms with van der Waals surface area (Å²) in [4.78, 5) is 29.1. The third-order valence-electron chi connectivity index (χ3n) is 3.35. The maximum Gasteiger partial charge on any atom is 0.334 e. The number of aliphatic carboxylic acids is 1. The van der Waals surface area contributed by atoms with Gasteiger partial charge in [0.05, 0.1) is 23.7 Å². The lowest BCUT2D eigenvalue weighted by Gasteiger charge is -2.30. The van der Waals surface area contributed by atoms with Crippen molar-refractivity contribution in [2.75, 3.05) is 19.7 Å². The molecular weight excluding hydrogens is 308 g/mol. The van der Waals surface area contributed by atoms with E-state index >= 15 is 0 Å². The van der Waals surface area contributed by atoms with E-state index in [-0.39, 0.29) is 19.1 Å². The average molecular weight is 322 g/mol. The summed E-state index contributed by atoms with van der Waals surface area (Å²) in [6.07, 6.45) is 0.391. The maximum absolute atomic E-state index is 12.4. The maximum atomic E-state index is 12.4. The van der Waals surface area contributed by atoms with Crippen LogP contribution in [0.4, 0.5) is 0 Å². The molecule has 1 N–H and O–H groups in total. The number of hydrogen-bond donors (Lipinski definition) is 1. The highest BCUT2D eigenvalue weighted by Gasteiger charge is 2.30. The Kier molecular flexibility index (Phi) is 3.95. The summed E-state index contributed by atoms with van der Waals surface area (Å²) in [5, 5.41) is 11.7. The number of carbonyl (C=O) groups is 2. The molecular formula is C14H14N2O5S. The number of aromatic nitrogens is 1. The van der Waals surface area contributed by atoms with Gasteiger partial charge in [0, 0.05) is 11.9 Å². The van der Waals surface area contributed by atoms with Gasteiger partial charge in [-0.25, -0.2) is 9.78 Å². The highest BCUT2D eigenvalue weighted by molar-refractivity contribution is 7.09. The number of rotatable bonds is 3. The standard InChI is InChI=1S/C14H14N2O5S/c1-8-15-10(7-22-8)11-4-9(6-21-11)13(17)16-2-3-20-12(5-16)14(18)19/h4,6-7,12H,2-3,5H2,1H3,(H,18,19). The zero-order valence-electron chi connectivity index (χ0n) is 11.8. The van der Waals surface area contributed by atoms with Gasteiger partial charge in [-0.3, -0.25) is 4.79 Å². The van der Waals surface area contributed by atoms with Gasteiger partial charge in [0.2, 0.25) is 0 Å². The van der Waals surface area contributed by atoms with Crippen LogP contribution in [0.3, 0.4) is 0 Å². The highest BCUT2D eigenvalue weighted by atomic mass is 32.1. The molecule has 116 valence electrons. The van der Waals surface area contributed by atoms with Crippen molar-refractivity contribution in [2.24, 2.45) is 0 Å². The van der Waals surface area contributed by atoms with Crippen molar-refractivity contribution < 1.29 is 23.8 Å². The number of amides is 1. The fourth-order valence-electron chi connectivity index (χ4n) is 2.23. The third-order valence-corrected chi connectivity index (χ3v) is 4.12. The molecule has 1 atom stereocenters. The van der Waals surface area contributed by atoms with Crippen LogP contribution in [0, 0.1) is 6.92 Å². The van der Waals surface area contributed by atoms with Crippen LogP contribution in [0.5, 0.6) is 0 Å². The first-order valence-corrected chi connectivity index (χ1v) is 7.57. The number of ether oxygens (including phenoxy) is 1. The van der Waals surface area contributed by atoms with Crippen LogP contribution in [0.15, 0.2) is 22.1 Å². The van der Waals surface area contributed by atoms with Crippen molar-refractivity contribution in [1.82, 2.24) is 9.88 Å². The van der Waals surface area contributed by atoms with Crippen LogP contribution < -0.4 is 0 Å². The Hall–Kier alpha value is -2.19. The van der Waals surface area contributed by atoms with Crippen LogP contribution >= 0.6 is 11.3 Å². The first kappa shape index (κ1) is 14.7. The fourth-order valence-corrected chi connectivity index (χ4v) is 2.83. The van der Waals surface area contributed by atoms with Crippen molar-refractivity contribution in [3.05, 3.63) is 28.3 Å². The summed E-state index contributed by atoms with van der Waals surface area (Å²) in [6.45, 7) is 2.49. The second-order valence-corrected chi connectivity index (χ2v) is 5.96. The normalized spacial score (nSPS) is 18.4. The predicted molar refractivity (Wildman–Crippen MR) is 77.8 cm³/mol. The second kappa shape index (κ2) is 5.90. The monoisotopic (exact) mass is 322 g/mol. The predicted octanol–water partition coefficient (Wildman–Crippen LogP) is 1.64. The van der Waals surface area contributed by atoms with Gasteiger partial charge in [0.25, 0.3) is 5.91 Å². The molecule has 7 nitrogen and oxygen atoms in total. The summed E-state index contributed by atoms with van der Waals surface area (Å²) in [6, 6.07) is 1.63. The Balaban J connectivity index is 1.75. The van der Waals surface area contributed by atoms with Crippen molar-refractivity contribution in [2.45, 2.75) is 13.0 Å². The van der Waals surface area contributed by atoms with Crippen LogP contribution in [0.25, 0.3) is 11.5 Å². The van der Waals surface area contributed by atoms with Crippen LogP contribution in [-0.4, -0.2) is 52.7 Å². The topological polar surface area (TPSA) is 92.9 Å². The fraction of sp³-hybridized carbons (Fsp3) is 0.357. The molecule has 2 aromatic rings. The molecule has 0 aromatic carbocycles. The lowest BCUT2D eigenvalue weighted by atomic mass is 10.2. The van der Waals surface area contributed by atoms with E-state index in [4.69, 9.17) is 14.3 Å². The highest BCUT2D eigenvalue weighted by Crippen LogP contribution is 2.24. The minimum atomic E-state index is -1.07. The van der Waals surface area contributed by atoms with Crippen LogP contribution in [0.2, 0.25) is 0 Å². The Bertz CT molecular complexity index is 708. The van der Waals surface area contributed by atoms with Gasteiger partial charge in [0.15, 0.2) is 11.9 Å². The third kappa shape index (κ3) is 2.88. The Morgan fingerprint density at radius 2 is 2.32 bits per heavy atom. The number of hydrogen-bond acceptors (Lipinski definition) is 6. The summed E-state index contributed by atoms with van der Waals surface area (Å²) in [5.74, 6) is -0.810. The molecule has 0 radical (unpaired) electrons. The van der Waals surface area contributed by atoms with Gasteiger partial charge in [-0.05, 0) is 13.0 Å². The molecule has 3 rings (SSSR count). The largest absolute Gasteiger partial charge is 0.479 e.